The van der Waals surface area contributed by atoms with Gasteiger partial charge in [0.1, 0.15) is 6.04 Å². The first-order chi connectivity index (χ1) is 14.8. The van der Waals surface area contributed by atoms with Crippen LogP contribution in [0.15, 0.2) is 36.5 Å². The fraction of sp³-hybridized carbons (Fsp3) is 0.333. The minimum absolute atomic E-state index is 0.0636. The van der Waals surface area contributed by atoms with E-state index in [4.69, 9.17) is 9.47 Å². The number of carbonyl (C=O) groups is 3. The number of aromatic nitrogens is 5. The van der Waals surface area contributed by atoms with Gasteiger partial charge in [-0.1, -0.05) is 37.3 Å². The average molecular weight is 423 g/mol. The third-order valence-corrected chi connectivity index (χ3v) is 5.42. The molecule has 0 aliphatic heterocycles. The van der Waals surface area contributed by atoms with Gasteiger partial charge in [0.05, 0.1) is 37.4 Å². The van der Waals surface area contributed by atoms with Crippen molar-refractivity contribution in [2.45, 2.75) is 26.3 Å². The summed E-state index contributed by atoms with van der Waals surface area (Å²) in [5.74, 6) is -1.66. The minimum Gasteiger partial charge on any atom is -0.464 e. The number of carbonyl (C=O) groups excluding carboxylic acids is 3. The molecule has 10 heteroatoms. The second kappa shape index (κ2) is 7.46. The lowest BCUT2D eigenvalue weighted by atomic mass is 9.72. The molecule has 0 saturated carbocycles. The van der Waals surface area contributed by atoms with E-state index in [1.165, 1.54) is 25.1 Å². The van der Waals surface area contributed by atoms with E-state index in [1.54, 1.807) is 4.68 Å². The maximum absolute atomic E-state index is 12.9. The number of ketones is 1. The predicted molar refractivity (Wildman–Crippen MR) is 107 cm³/mol. The van der Waals surface area contributed by atoms with Crippen LogP contribution in [0.4, 0.5) is 0 Å². The van der Waals surface area contributed by atoms with Crippen molar-refractivity contribution >= 4 is 17.7 Å². The lowest BCUT2D eigenvalue weighted by molar-refractivity contribution is 0.0535. The second-order valence-corrected chi connectivity index (χ2v) is 7.90. The molecule has 4 rings (SSSR count). The fourth-order valence-corrected chi connectivity index (χ4v) is 4.03. The van der Waals surface area contributed by atoms with Crippen molar-refractivity contribution in [3.63, 3.8) is 0 Å². The summed E-state index contributed by atoms with van der Waals surface area (Å²) in [4.78, 5) is 37.8. The fourth-order valence-electron chi connectivity index (χ4n) is 4.03. The topological polar surface area (TPSA) is 118 Å². The Kier molecular flexibility index (Phi) is 4.92. The first kappa shape index (κ1) is 20.5. The number of esters is 2. The molecule has 1 aliphatic carbocycles. The Morgan fingerprint density at radius 3 is 2.42 bits per heavy atom. The monoisotopic (exact) mass is 423 g/mol. The average Bonchev–Trinajstić information content (AvgIpc) is 3.38. The molecular weight excluding hydrogens is 402 g/mol. The van der Waals surface area contributed by atoms with Gasteiger partial charge in [0, 0.05) is 11.8 Å². The standard InChI is InChI=1S/C21H21N5O5/c1-21(2)10-14(27)13-11-22-25(12-8-6-5-7-9-12)16(13)18(21)26-17(20(29)31-4)15(23-24-26)19(28)30-3/h5-9,11,18H,10H2,1-4H3. The largest absolute Gasteiger partial charge is 0.464 e. The third-order valence-electron chi connectivity index (χ3n) is 5.42. The molecule has 1 aliphatic rings. The number of Topliss-reactive ketones (excluding diaryl/α,β-unsaturated/α-hetero) is 1. The number of fused-ring (bicyclic) bond motifs is 1. The molecule has 0 radical (unpaired) electrons. The predicted octanol–water partition coefficient (Wildman–Crippen LogP) is 2.24. The zero-order chi connectivity index (χ0) is 22.3. The Bertz CT molecular complexity index is 1180. The lowest BCUT2D eigenvalue weighted by Crippen LogP contribution is -2.39. The van der Waals surface area contributed by atoms with E-state index in [0.717, 1.165) is 5.69 Å². The van der Waals surface area contributed by atoms with Crippen LogP contribution in [0.25, 0.3) is 5.69 Å². The van der Waals surface area contributed by atoms with Crippen LogP contribution in [0, 0.1) is 5.41 Å². The highest BCUT2D eigenvalue weighted by Gasteiger charge is 2.47. The highest BCUT2D eigenvalue weighted by Crippen LogP contribution is 2.46. The molecule has 0 fully saturated rings. The van der Waals surface area contributed by atoms with Gasteiger partial charge >= 0.3 is 11.9 Å². The molecule has 0 bridgehead atoms. The number of rotatable bonds is 4. The zero-order valence-electron chi connectivity index (χ0n) is 17.5. The van der Waals surface area contributed by atoms with E-state index in [2.05, 4.69) is 15.4 Å². The van der Waals surface area contributed by atoms with Crippen molar-refractivity contribution in [3.05, 3.63) is 59.2 Å². The van der Waals surface area contributed by atoms with Crippen molar-refractivity contribution in [2.24, 2.45) is 5.41 Å². The summed E-state index contributed by atoms with van der Waals surface area (Å²) in [6, 6.07) is 8.68. The molecule has 0 saturated heterocycles. The van der Waals surface area contributed by atoms with Crippen LogP contribution in [0.3, 0.4) is 0 Å². The van der Waals surface area contributed by atoms with Gasteiger partial charge in [-0.05, 0) is 12.1 Å². The Labute approximate surface area is 177 Å². The maximum atomic E-state index is 12.9. The molecule has 1 atom stereocenters. The number of ether oxygens (including phenoxy) is 2. The van der Waals surface area contributed by atoms with Gasteiger partial charge in [0.15, 0.2) is 11.5 Å². The highest BCUT2D eigenvalue weighted by atomic mass is 16.5. The van der Waals surface area contributed by atoms with E-state index < -0.39 is 23.4 Å². The van der Waals surface area contributed by atoms with E-state index in [-0.39, 0.29) is 23.6 Å². The van der Waals surface area contributed by atoms with E-state index >= 15 is 0 Å². The Morgan fingerprint density at radius 1 is 1.10 bits per heavy atom. The maximum Gasteiger partial charge on any atom is 0.361 e. The molecule has 10 nitrogen and oxygen atoms in total. The van der Waals surface area contributed by atoms with Gasteiger partial charge in [0.25, 0.3) is 0 Å². The number of hydrogen-bond donors (Lipinski definition) is 0. The van der Waals surface area contributed by atoms with Crippen molar-refractivity contribution in [3.8, 4) is 5.69 Å². The normalized spacial score (nSPS) is 17.2. The van der Waals surface area contributed by atoms with Crippen molar-refractivity contribution in [1.29, 1.82) is 0 Å². The van der Waals surface area contributed by atoms with Gasteiger partial charge in [-0.2, -0.15) is 5.10 Å². The molecule has 0 amide bonds. The molecule has 3 aromatic rings. The lowest BCUT2D eigenvalue weighted by Gasteiger charge is -2.38. The third kappa shape index (κ3) is 3.20. The summed E-state index contributed by atoms with van der Waals surface area (Å²) in [7, 11) is 2.39. The van der Waals surface area contributed by atoms with Crippen LogP contribution in [0.1, 0.15) is 63.3 Å². The number of hydrogen-bond acceptors (Lipinski definition) is 8. The van der Waals surface area contributed by atoms with E-state index in [0.29, 0.717) is 11.3 Å². The van der Waals surface area contributed by atoms with E-state index in [1.807, 2.05) is 44.2 Å². The molecule has 160 valence electrons. The summed E-state index contributed by atoms with van der Waals surface area (Å²) in [6.45, 7) is 3.78. The zero-order valence-corrected chi connectivity index (χ0v) is 17.5. The van der Waals surface area contributed by atoms with Crippen molar-refractivity contribution < 1.29 is 23.9 Å². The second-order valence-electron chi connectivity index (χ2n) is 7.90. The van der Waals surface area contributed by atoms with Crippen molar-refractivity contribution in [1.82, 2.24) is 24.8 Å². The summed E-state index contributed by atoms with van der Waals surface area (Å²) in [5, 5.41) is 12.5. The number of benzene rings is 1. The van der Waals surface area contributed by atoms with Gasteiger partial charge in [-0.3, -0.25) is 4.79 Å². The molecular formula is C21H21N5O5. The van der Waals surface area contributed by atoms with Gasteiger partial charge in [-0.25, -0.2) is 19.0 Å². The molecule has 0 N–H and O–H groups in total. The minimum atomic E-state index is -0.812. The van der Waals surface area contributed by atoms with Crippen molar-refractivity contribution in [2.75, 3.05) is 14.2 Å². The smallest absolute Gasteiger partial charge is 0.361 e. The molecule has 2 aromatic heterocycles. The molecule has 2 heterocycles. The molecule has 31 heavy (non-hydrogen) atoms. The van der Waals surface area contributed by atoms with Crippen LogP contribution < -0.4 is 0 Å². The highest BCUT2D eigenvalue weighted by molar-refractivity contribution is 6.01. The van der Waals surface area contributed by atoms with E-state index in [9.17, 15) is 14.4 Å². The van der Waals surface area contributed by atoms with Crippen LogP contribution in [0.2, 0.25) is 0 Å². The summed E-state index contributed by atoms with van der Waals surface area (Å²) in [5.41, 5.74) is 0.647. The van der Waals surface area contributed by atoms with Crippen LogP contribution in [0.5, 0.6) is 0 Å². The van der Waals surface area contributed by atoms with Crippen LogP contribution in [-0.4, -0.2) is 56.7 Å². The Balaban J connectivity index is 2.01. The summed E-state index contributed by atoms with van der Waals surface area (Å²) >= 11 is 0. The van der Waals surface area contributed by atoms with Crippen LogP contribution in [-0.2, 0) is 9.47 Å². The Morgan fingerprint density at radius 2 is 1.77 bits per heavy atom. The summed E-state index contributed by atoms with van der Waals surface area (Å²) in [6.07, 6.45) is 1.71. The number of para-hydroxylation sites is 1. The van der Waals surface area contributed by atoms with Gasteiger partial charge in [0.2, 0.25) is 5.69 Å². The van der Waals surface area contributed by atoms with Gasteiger partial charge < -0.3 is 9.47 Å². The van der Waals surface area contributed by atoms with Gasteiger partial charge in [-0.15, -0.1) is 5.10 Å². The SMILES string of the molecule is COC(=O)c1nnn(C2c3c(cnn3-c3ccccc3)C(=O)CC2(C)C)c1C(=O)OC. The Hall–Kier alpha value is -3.82. The first-order valence-corrected chi connectivity index (χ1v) is 9.58. The molecule has 1 aromatic carbocycles. The quantitative estimate of drug-likeness (QED) is 0.586. The number of methoxy groups -OCH3 is 2. The molecule has 1 unspecified atom stereocenters. The summed E-state index contributed by atoms with van der Waals surface area (Å²) < 4.78 is 12.6. The molecule has 0 spiro atoms. The first-order valence-electron chi connectivity index (χ1n) is 9.58. The number of nitrogens with zero attached hydrogens (tertiary/aromatic N) is 5. The van der Waals surface area contributed by atoms with Crippen LogP contribution >= 0.6 is 0 Å².